The maximum Gasteiger partial charge on any atom is 0.340 e. The number of aliphatic carboxylic acids is 1. The second-order valence-electron chi connectivity index (χ2n) is 4.20. The van der Waals surface area contributed by atoms with Gasteiger partial charge in [-0.05, 0) is 19.3 Å². The van der Waals surface area contributed by atoms with Gasteiger partial charge in [0.05, 0.1) is 5.57 Å². The molecule has 0 rings (SSSR count). The number of hydrogen-bond donors (Lipinski definition) is 2. The highest BCUT2D eigenvalue weighted by Gasteiger charge is 2.26. The lowest BCUT2D eigenvalue weighted by molar-refractivity contribution is -0.159. The summed E-state index contributed by atoms with van der Waals surface area (Å²) < 4.78 is 5.07. The monoisotopic (exact) mass is 258 g/mol. The lowest BCUT2D eigenvalue weighted by Crippen LogP contribution is -2.31. The Labute approximate surface area is 107 Å². The van der Waals surface area contributed by atoms with E-state index < -0.39 is 23.6 Å². The molecule has 0 radical (unpaired) electrons. The van der Waals surface area contributed by atoms with Crippen LogP contribution in [0.2, 0.25) is 0 Å². The first-order valence-electron chi connectivity index (χ1n) is 6.24. The number of hydrogen-bond acceptors (Lipinski definition) is 4. The largest absolute Gasteiger partial charge is 0.478 e. The van der Waals surface area contributed by atoms with Gasteiger partial charge in [-0.3, -0.25) is 0 Å². The van der Waals surface area contributed by atoms with Crippen molar-refractivity contribution in [1.29, 1.82) is 0 Å². The van der Waals surface area contributed by atoms with Crippen LogP contribution in [0.5, 0.6) is 0 Å². The molecule has 0 aliphatic carbocycles. The minimum atomic E-state index is -1.79. The van der Waals surface area contributed by atoms with E-state index in [-0.39, 0.29) is 6.10 Å². The van der Waals surface area contributed by atoms with E-state index in [1.165, 1.54) is 0 Å². The van der Waals surface area contributed by atoms with Crippen LogP contribution in [0.15, 0.2) is 12.2 Å². The summed E-state index contributed by atoms with van der Waals surface area (Å²) in [7, 11) is 0. The van der Waals surface area contributed by atoms with Gasteiger partial charge in [-0.2, -0.15) is 0 Å². The summed E-state index contributed by atoms with van der Waals surface area (Å²) in [6, 6.07) is 0. The van der Waals surface area contributed by atoms with Crippen molar-refractivity contribution in [2.75, 3.05) is 0 Å². The molecule has 0 bridgehead atoms. The molecule has 18 heavy (non-hydrogen) atoms. The lowest BCUT2D eigenvalue weighted by atomic mass is 10.1. The number of carboxylic acids is 1. The molecule has 2 unspecified atom stereocenters. The van der Waals surface area contributed by atoms with Crippen LogP contribution in [0.3, 0.4) is 0 Å². The summed E-state index contributed by atoms with van der Waals surface area (Å²) in [5.74, 6) is -2.34. The number of aliphatic hydroxyl groups is 1. The van der Waals surface area contributed by atoms with Crippen LogP contribution in [0.25, 0.3) is 0 Å². The van der Waals surface area contributed by atoms with Crippen molar-refractivity contribution in [2.24, 2.45) is 0 Å². The van der Waals surface area contributed by atoms with Crippen LogP contribution >= 0.6 is 0 Å². The summed E-state index contributed by atoms with van der Waals surface area (Å²) in [5.41, 5.74) is -0.566. The van der Waals surface area contributed by atoms with Gasteiger partial charge in [0.15, 0.2) is 6.10 Å². The Hall–Kier alpha value is -1.36. The Morgan fingerprint density at radius 1 is 1.28 bits per heavy atom. The standard InChI is InChI=1S/C13H22O5/c1-4-6-7-8-10(5-2)18-13(17)11(14)9(3)12(15)16/h10-11,14H,3-8H2,1-2H3,(H,15,16). The van der Waals surface area contributed by atoms with Crippen molar-refractivity contribution in [1.82, 2.24) is 0 Å². The summed E-state index contributed by atoms with van der Waals surface area (Å²) >= 11 is 0. The number of carbonyl (C=O) groups is 2. The molecule has 0 aromatic rings. The molecule has 5 nitrogen and oxygen atoms in total. The summed E-state index contributed by atoms with van der Waals surface area (Å²) in [6.07, 6.45) is 2.37. The molecule has 2 atom stereocenters. The number of esters is 1. The molecule has 0 saturated heterocycles. The van der Waals surface area contributed by atoms with Crippen LogP contribution in [0.1, 0.15) is 46.0 Å². The predicted octanol–water partition coefficient (Wildman–Crippen LogP) is 1.89. The normalized spacial score (nSPS) is 13.7. The highest BCUT2D eigenvalue weighted by atomic mass is 16.6. The molecule has 0 aromatic carbocycles. The zero-order chi connectivity index (χ0) is 14.1. The Kier molecular flexibility index (Phi) is 8.03. The Balaban J connectivity index is 4.25. The number of carboxylic acid groups (broad SMARTS) is 1. The van der Waals surface area contributed by atoms with Crippen molar-refractivity contribution in [3.05, 3.63) is 12.2 Å². The van der Waals surface area contributed by atoms with E-state index in [1.807, 2.05) is 6.92 Å². The highest BCUT2D eigenvalue weighted by Crippen LogP contribution is 2.12. The van der Waals surface area contributed by atoms with Crippen LogP contribution in [-0.4, -0.2) is 34.4 Å². The van der Waals surface area contributed by atoms with Crippen molar-refractivity contribution in [3.8, 4) is 0 Å². The number of rotatable bonds is 9. The highest BCUT2D eigenvalue weighted by molar-refractivity contribution is 5.95. The maximum absolute atomic E-state index is 11.5. The molecular weight excluding hydrogens is 236 g/mol. The fraction of sp³-hybridized carbons (Fsp3) is 0.692. The molecular formula is C13H22O5. The van der Waals surface area contributed by atoms with Gasteiger partial charge in [0.25, 0.3) is 0 Å². The van der Waals surface area contributed by atoms with Crippen molar-refractivity contribution in [2.45, 2.75) is 58.2 Å². The minimum Gasteiger partial charge on any atom is -0.478 e. The number of ether oxygens (including phenoxy) is 1. The Bertz CT molecular complexity index is 298. The van der Waals surface area contributed by atoms with Crippen molar-refractivity contribution >= 4 is 11.9 Å². The number of unbranched alkanes of at least 4 members (excludes halogenated alkanes) is 2. The number of aliphatic hydroxyl groups excluding tert-OH is 1. The van der Waals surface area contributed by atoms with Gasteiger partial charge in [0.2, 0.25) is 0 Å². The van der Waals surface area contributed by atoms with Gasteiger partial charge in [-0.15, -0.1) is 0 Å². The second-order valence-corrected chi connectivity index (χ2v) is 4.20. The summed E-state index contributed by atoms with van der Waals surface area (Å²) in [4.78, 5) is 22.0. The molecule has 2 N–H and O–H groups in total. The summed E-state index contributed by atoms with van der Waals surface area (Å²) in [6.45, 7) is 7.09. The topological polar surface area (TPSA) is 83.8 Å². The first-order valence-corrected chi connectivity index (χ1v) is 6.24. The average molecular weight is 258 g/mol. The van der Waals surface area contributed by atoms with E-state index in [0.29, 0.717) is 6.42 Å². The first kappa shape index (κ1) is 16.6. The quantitative estimate of drug-likeness (QED) is 0.375. The van der Waals surface area contributed by atoms with Gasteiger partial charge in [-0.1, -0.05) is 33.3 Å². The molecule has 104 valence electrons. The van der Waals surface area contributed by atoms with E-state index in [1.54, 1.807) is 0 Å². The molecule has 5 heteroatoms. The predicted molar refractivity (Wildman–Crippen MR) is 67.1 cm³/mol. The fourth-order valence-corrected chi connectivity index (χ4v) is 1.46. The van der Waals surface area contributed by atoms with Gasteiger partial charge in [0.1, 0.15) is 6.10 Å². The Morgan fingerprint density at radius 2 is 1.89 bits per heavy atom. The zero-order valence-corrected chi connectivity index (χ0v) is 11.0. The van der Waals surface area contributed by atoms with E-state index in [0.717, 1.165) is 25.7 Å². The lowest BCUT2D eigenvalue weighted by Gasteiger charge is -2.18. The molecule has 0 amide bonds. The smallest absolute Gasteiger partial charge is 0.340 e. The molecule has 0 fully saturated rings. The second kappa shape index (κ2) is 8.69. The van der Waals surface area contributed by atoms with E-state index in [4.69, 9.17) is 9.84 Å². The maximum atomic E-state index is 11.5. The van der Waals surface area contributed by atoms with Crippen molar-refractivity contribution in [3.63, 3.8) is 0 Å². The molecule has 0 spiro atoms. The van der Waals surface area contributed by atoms with Crippen LogP contribution < -0.4 is 0 Å². The van der Waals surface area contributed by atoms with E-state index in [9.17, 15) is 14.7 Å². The van der Waals surface area contributed by atoms with Gasteiger partial charge >= 0.3 is 11.9 Å². The third kappa shape index (κ3) is 5.82. The third-order valence-corrected chi connectivity index (χ3v) is 2.70. The first-order chi connectivity index (χ1) is 8.43. The summed E-state index contributed by atoms with van der Waals surface area (Å²) in [5, 5.41) is 18.0. The SMILES string of the molecule is C=C(C(=O)O)C(O)C(=O)OC(CC)CCCCC. The molecule has 0 aliphatic heterocycles. The zero-order valence-electron chi connectivity index (χ0n) is 11.0. The number of carbonyl (C=O) groups excluding carboxylic acids is 1. The van der Waals surface area contributed by atoms with Crippen LogP contribution in [-0.2, 0) is 14.3 Å². The minimum absolute atomic E-state index is 0.278. The molecule has 0 aromatic heterocycles. The Morgan fingerprint density at radius 3 is 2.33 bits per heavy atom. The van der Waals surface area contributed by atoms with Crippen molar-refractivity contribution < 1.29 is 24.5 Å². The van der Waals surface area contributed by atoms with E-state index in [2.05, 4.69) is 13.5 Å². The van der Waals surface area contributed by atoms with E-state index >= 15 is 0 Å². The van der Waals surface area contributed by atoms with Crippen LogP contribution in [0.4, 0.5) is 0 Å². The molecule has 0 heterocycles. The van der Waals surface area contributed by atoms with Crippen LogP contribution in [0, 0.1) is 0 Å². The molecule has 0 aliphatic rings. The molecule has 0 saturated carbocycles. The third-order valence-electron chi connectivity index (χ3n) is 2.70. The van der Waals surface area contributed by atoms with Gasteiger partial charge in [-0.25, -0.2) is 9.59 Å². The fourth-order valence-electron chi connectivity index (χ4n) is 1.46. The van der Waals surface area contributed by atoms with Gasteiger partial charge in [0, 0.05) is 0 Å². The average Bonchev–Trinajstić information content (AvgIpc) is 2.35. The van der Waals surface area contributed by atoms with Gasteiger partial charge < -0.3 is 14.9 Å².